The summed E-state index contributed by atoms with van der Waals surface area (Å²) in [6.45, 7) is 3.41. The summed E-state index contributed by atoms with van der Waals surface area (Å²) >= 11 is 0. The second kappa shape index (κ2) is 5.81. The van der Waals surface area contributed by atoms with Crippen LogP contribution < -0.4 is 10.6 Å². The van der Waals surface area contributed by atoms with Crippen molar-refractivity contribution in [3.8, 4) is 0 Å². The molecule has 0 saturated heterocycles. The molecule has 0 aliphatic carbocycles. The fraction of sp³-hybridized carbons (Fsp3) is 0.250. The molecule has 6 nitrogen and oxygen atoms in total. The van der Waals surface area contributed by atoms with Crippen LogP contribution in [0.2, 0.25) is 0 Å². The number of allylic oxidation sites excluding steroid dienone is 2. The zero-order valence-electron chi connectivity index (χ0n) is 10.6. The normalized spacial score (nSPS) is 11.5. The first-order valence-corrected chi connectivity index (χ1v) is 5.42. The zero-order chi connectivity index (χ0) is 13.7. The molecular weight excluding hydrogens is 232 g/mol. The van der Waals surface area contributed by atoms with Crippen molar-refractivity contribution in [3.05, 3.63) is 45.8 Å². The molecule has 1 rings (SSSR count). The Bertz CT molecular complexity index is 509. The second-order valence-electron chi connectivity index (χ2n) is 3.77. The van der Waals surface area contributed by atoms with Crippen molar-refractivity contribution >= 4 is 17.1 Å². The first-order valence-electron chi connectivity index (χ1n) is 5.42. The van der Waals surface area contributed by atoms with Crippen LogP contribution in [0.5, 0.6) is 0 Å². The van der Waals surface area contributed by atoms with Gasteiger partial charge < -0.3 is 16.0 Å². The van der Waals surface area contributed by atoms with Crippen molar-refractivity contribution < 1.29 is 4.92 Å². The molecule has 1 aromatic rings. The fourth-order valence-corrected chi connectivity index (χ4v) is 1.66. The highest BCUT2D eigenvalue weighted by atomic mass is 16.6. The summed E-state index contributed by atoms with van der Waals surface area (Å²) in [5, 5.41) is 24.3. The third-order valence-corrected chi connectivity index (χ3v) is 2.42. The van der Waals surface area contributed by atoms with Crippen molar-refractivity contribution in [3.63, 3.8) is 0 Å². The Labute approximate surface area is 105 Å². The quantitative estimate of drug-likeness (QED) is 0.424. The monoisotopic (exact) mass is 248 g/mol. The molecule has 6 heteroatoms. The maximum absolute atomic E-state index is 10.9. The molecule has 0 aromatic heterocycles. The third kappa shape index (κ3) is 3.07. The smallest absolute Gasteiger partial charge is 0.292 e. The Hall–Kier alpha value is -2.37. The molecule has 1 aromatic carbocycles. The van der Waals surface area contributed by atoms with E-state index in [2.05, 4.69) is 10.6 Å². The van der Waals surface area contributed by atoms with Crippen molar-refractivity contribution in [2.24, 2.45) is 0 Å². The minimum absolute atomic E-state index is 0.00920. The van der Waals surface area contributed by atoms with Gasteiger partial charge >= 0.3 is 0 Å². The number of nitro groups is 1. The van der Waals surface area contributed by atoms with Gasteiger partial charge in [-0.15, -0.1) is 0 Å². The van der Waals surface area contributed by atoms with Crippen molar-refractivity contribution in [2.75, 3.05) is 12.4 Å². The molecule has 0 aliphatic rings. The van der Waals surface area contributed by atoms with Crippen LogP contribution in [0.15, 0.2) is 35.7 Å². The molecule has 3 N–H and O–H groups in total. The molecule has 0 atom stereocenters. The van der Waals surface area contributed by atoms with E-state index in [-0.39, 0.29) is 5.69 Å². The van der Waals surface area contributed by atoms with Gasteiger partial charge in [0.05, 0.1) is 16.3 Å². The SMILES string of the molecule is CN/C(C(C)=N)=C(\C)Nc1ccccc1[N+](=O)[O-]. The van der Waals surface area contributed by atoms with Crippen LogP contribution in [0.1, 0.15) is 13.8 Å². The van der Waals surface area contributed by atoms with Crippen LogP contribution in [0.25, 0.3) is 0 Å². The van der Waals surface area contributed by atoms with Gasteiger partial charge in [0, 0.05) is 18.8 Å². The van der Waals surface area contributed by atoms with E-state index in [1.165, 1.54) is 6.07 Å². The number of rotatable bonds is 5. The molecule has 0 unspecified atom stereocenters. The van der Waals surface area contributed by atoms with Crippen LogP contribution in [-0.4, -0.2) is 17.7 Å². The van der Waals surface area contributed by atoms with E-state index in [0.29, 0.717) is 22.8 Å². The van der Waals surface area contributed by atoms with Gasteiger partial charge in [-0.2, -0.15) is 0 Å². The minimum atomic E-state index is -0.439. The zero-order valence-corrected chi connectivity index (χ0v) is 10.6. The van der Waals surface area contributed by atoms with Crippen LogP contribution in [-0.2, 0) is 0 Å². The number of nitrogens with one attached hydrogen (secondary N) is 3. The summed E-state index contributed by atoms with van der Waals surface area (Å²) in [5.74, 6) is 0. The summed E-state index contributed by atoms with van der Waals surface area (Å²) < 4.78 is 0. The first kappa shape index (κ1) is 13.7. The highest BCUT2D eigenvalue weighted by Gasteiger charge is 2.13. The van der Waals surface area contributed by atoms with Gasteiger partial charge in [-0.05, 0) is 19.9 Å². The molecule has 0 saturated carbocycles. The number of hydrogen-bond donors (Lipinski definition) is 3. The molecule has 0 spiro atoms. The lowest BCUT2D eigenvalue weighted by Crippen LogP contribution is -2.18. The van der Waals surface area contributed by atoms with Gasteiger partial charge in [0.1, 0.15) is 5.69 Å². The van der Waals surface area contributed by atoms with Gasteiger partial charge in [-0.1, -0.05) is 12.1 Å². The number of benzene rings is 1. The summed E-state index contributed by atoms with van der Waals surface area (Å²) in [7, 11) is 1.71. The Balaban J connectivity index is 3.12. The number of hydrogen-bond acceptors (Lipinski definition) is 5. The standard InChI is InChI=1S/C12H16N4O2/c1-8(13)12(14-3)9(2)15-10-6-4-5-7-11(10)16(17)18/h4-7,13-15H,1-3H3/b12-9+,13-8?. The van der Waals surface area contributed by atoms with Gasteiger partial charge in [0.25, 0.3) is 5.69 Å². The maximum atomic E-state index is 10.9. The average molecular weight is 248 g/mol. The summed E-state index contributed by atoms with van der Waals surface area (Å²) in [6, 6.07) is 6.41. The number of nitro benzene ring substituents is 1. The van der Waals surface area contributed by atoms with E-state index in [9.17, 15) is 10.1 Å². The first-order chi connectivity index (χ1) is 8.47. The van der Waals surface area contributed by atoms with Crippen molar-refractivity contribution in [1.29, 1.82) is 5.41 Å². The van der Waals surface area contributed by atoms with Crippen LogP contribution in [0.3, 0.4) is 0 Å². The molecule has 0 aliphatic heterocycles. The highest BCUT2D eigenvalue weighted by Crippen LogP contribution is 2.24. The van der Waals surface area contributed by atoms with Crippen LogP contribution >= 0.6 is 0 Å². The predicted molar refractivity (Wildman–Crippen MR) is 71.9 cm³/mol. The molecule has 0 radical (unpaired) electrons. The number of anilines is 1. The Morgan fingerprint density at radius 3 is 2.44 bits per heavy atom. The van der Waals surface area contributed by atoms with E-state index in [4.69, 9.17) is 5.41 Å². The second-order valence-corrected chi connectivity index (χ2v) is 3.77. The van der Waals surface area contributed by atoms with E-state index in [0.717, 1.165) is 0 Å². The largest absolute Gasteiger partial charge is 0.385 e. The lowest BCUT2D eigenvalue weighted by Gasteiger charge is -2.13. The van der Waals surface area contributed by atoms with Crippen molar-refractivity contribution in [1.82, 2.24) is 5.32 Å². The highest BCUT2D eigenvalue weighted by molar-refractivity contribution is 5.96. The van der Waals surface area contributed by atoms with E-state index >= 15 is 0 Å². The van der Waals surface area contributed by atoms with Gasteiger partial charge in [0.15, 0.2) is 0 Å². The van der Waals surface area contributed by atoms with Gasteiger partial charge in [-0.25, -0.2) is 0 Å². The third-order valence-electron chi connectivity index (χ3n) is 2.42. The molecule has 18 heavy (non-hydrogen) atoms. The van der Waals surface area contributed by atoms with E-state index < -0.39 is 4.92 Å². The fourth-order valence-electron chi connectivity index (χ4n) is 1.66. The molecular formula is C12H16N4O2. The summed E-state index contributed by atoms with van der Waals surface area (Å²) in [6.07, 6.45) is 0. The molecule has 96 valence electrons. The average Bonchev–Trinajstić information content (AvgIpc) is 2.29. The summed E-state index contributed by atoms with van der Waals surface area (Å²) in [4.78, 5) is 10.4. The molecule has 0 amide bonds. The van der Waals surface area contributed by atoms with Crippen LogP contribution in [0, 0.1) is 15.5 Å². The van der Waals surface area contributed by atoms with Crippen molar-refractivity contribution in [2.45, 2.75) is 13.8 Å². The van der Waals surface area contributed by atoms with Gasteiger partial charge in [-0.3, -0.25) is 10.1 Å². The molecule has 0 fully saturated rings. The lowest BCUT2D eigenvalue weighted by atomic mass is 10.2. The number of para-hydroxylation sites is 2. The van der Waals surface area contributed by atoms with Crippen LogP contribution in [0.4, 0.5) is 11.4 Å². The van der Waals surface area contributed by atoms with Gasteiger partial charge in [0.2, 0.25) is 0 Å². The Kier molecular flexibility index (Phi) is 4.42. The maximum Gasteiger partial charge on any atom is 0.292 e. The number of nitrogens with zero attached hydrogens (tertiary/aromatic N) is 1. The Morgan fingerprint density at radius 2 is 1.94 bits per heavy atom. The van der Waals surface area contributed by atoms with E-state index in [1.54, 1.807) is 39.1 Å². The topological polar surface area (TPSA) is 91.1 Å². The summed E-state index contributed by atoms with van der Waals surface area (Å²) in [5.41, 5.74) is 2.07. The molecule has 0 heterocycles. The molecule has 0 bridgehead atoms. The lowest BCUT2D eigenvalue weighted by molar-refractivity contribution is -0.383. The van der Waals surface area contributed by atoms with E-state index in [1.807, 2.05) is 0 Å². The minimum Gasteiger partial charge on any atom is -0.385 e. The predicted octanol–water partition coefficient (Wildman–Crippen LogP) is 2.50. The Morgan fingerprint density at radius 1 is 1.33 bits per heavy atom.